The van der Waals surface area contributed by atoms with Crippen LogP contribution < -0.4 is 16.0 Å². The fourth-order valence-corrected chi connectivity index (χ4v) is 5.41. The lowest BCUT2D eigenvalue weighted by Gasteiger charge is -2.17. The first-order valence-corrected chi connectivity index (χ1v) is 12.4. The number of amides is 1. The number of aliphatic carboxylic acids is 1. The number of hydrogen-bond donors (Lipinski definition) is 4. The van der Waals surface area contributed by atoms with Gasteiger partial charge in [0.1, 0.15) is 5.25 Å². The Morgan fingerprint density at radius 1 is 0.971 bits per heavy atom. The molecule has 0 saturated carbocycles. The molecule has 0 saturated heterocycles. The van der Waals surface area contributed by atoms with Gasteiger partial charge in [0.05, 0.1) is 17.9 Å². The molecule has 1 amide bonds. The third-order valence-electron chi connectivity index (χ3n) is 5.41. The number of nitrogens with zero attached hydrogens (tertiary/aromatic N) is 1. The van der Waals surface area contributed by atoms with E-state index in [2.05, 4.69) is 20.9 Å². The molecule has 180 valence electrons. The van der Waals surface area contributed by atoms with Crippen molar-refractivity contribution in [3.05, 3.63) is 90.0 Å². The van der Waals surface area contributed by atoms with E-state index < -0.39 is 27.5 Å². The van der Waals surface area contributed by atoms with Crippen LogP contribution in [0, 0.1) is 0 Å². The molecule has 10 heteroatoms. The second-order valence-electron chi connectivity index (χ2n) is 7.88. The highest BCUT2D eigenvalue weighted by atomic mass is 32.2. The van der Waals surface area contributed by atoms with Gasteiger partial charge in [-0.15, -0.1) is 0 Å². The number of benzene rings is 3. The van der Waals surface area contributed by atoms with Gasteiger partial charge in [-0.2, -0.15) is 0 Å². The van der Waals surface area contributed by atoms with Crippen LogP contribution in [0.2, 0.25) is 0 Å². The summed E-state index contributed by atoms with van der Waals surface area (Å²) in [5.74, 6) is -0.923. The third-order valence-corrected chi connectivity index (χ3v) is 7.53. The summed E-state index contributed by atoms with van der Waals surface area (Å²) >= 11 is 0. The van der Waals surface area contributed by atoms with Crippen LogP contribution in [0.1, 0.15) is 27.6 Å². The van der Waals surface area contributed by atoms with E-state index in [-0.39, 0.29) is 10.8 Å². The Morgan fingerprint density at radius 2 is 1.71 bits per heavy atom. The van der Waals surface area contributed by atoms with Crippen molar-refractivity contribution in [2.45, 2.75) is 16.6 Å². The third kappa shape index (κ3) is 5.85. The van der Waals surface area contributed by atoms with E-state index >= 15 is 0 Å². The van der Waals surface area contributed by atoms with Crippen LogP contribution in [0.5, 0.6) is 0 Å². The number of guanidine groups is 1. The summed E-state index contributed by atoms with van der Waals surface area (Å²) in [4.78, 5) is 28.3. The zero-order valence-corrected chi connectivity index (χ0v) is 19.5. The van der Waals surface area contributed by atoms with Crippen LogP contribution in [0.25, 0.3) is 0 Å². The minimum absolute atomic E-state index is 0.0263. The minimum atomic E-state index is -3.98. The van der Waals surface area contributed by atoms with Crippen molar-refractivity contribution in [2.24, 2.45) is 4.99 Å². The van der Waals surface area contributed by atoms with Crippen molar-refractivity contribution in [3.63, 3.8) is 0 Å². The van der Waals surface area contributed by atoms with Gasteiger partial charge < -0.3 is 21.1 Å². The molecule has 9 nitrogen and oxygen atoms in total. The SMILES string of the molecule is O=C(O)CC(c1ccccc1)S(=O)(=O)c1ccc(NC(=O)c2cccc(NC3=NCCN3)c2)cc1. The fourth-order valence-electron chi connectivity index (χ4n) is 3.69. The summed E-state index contributed by atoms with van der Waals surface area (Å²) in [6, 6.07) is 20.9. The van der Waals surface area contributed by atoms with E-state index in [1.165, 1.54) is 24.3 Å². The Labute approximate surface area is 202 Å². The van der Waals surface area contributed by atoms with E-state index in [9.17, 15) is 23.1 Å². The first-order valence-electron chi connectivity index (χ1n) is 10.9. The van der Waals surface area contributed by atoms with Crippen LogP contribution in [0.4, 0.5) is 11.4 Å². The Morgan fingerprint density at radius 3 is 2.37 bits per heavy atom. The van der Waals surface area contributed by atoms with Crippen LogP contribution >= 0.6 is 0 Å². The summed E-state index contributed by atoms with van der Waals surface area (Å²) in [6.45, 7) is 1.45. The molecule has 0 fully saturated rings. The van der Waals surface area contributed by atoms with Gasteiger partial charge in [-0.25, -0.2) is 8.42 Å². The van der Waals surface area contributed by atoms with Crippen molar-refractivity contribution in [1.29, 1.82) is 0 Å². The minimum Gasteiger partial charge on any atom is -0.481 e. The van der Waals surface area contributed by atoms with Gasteiger partial charge in [-0.05, 0) is 48.0 Å². The summed E-state index contributed by atoms with van der Waals surface area (Å²) < 4.78 is 26.5. The number of sulfone groups is 1. The van der Waals surface area contributed by atoms with Crippen LogP contribution in [0.3, 0.4) is 0 Å². The number of hydrogen-bond acceptors (Lipinski definition) is 7. The lowest BCUT2D eigenvalue weighted by molar-refractivity contribution is -0.137. The predicted octanol–water partition coefficient (Wildman–Crippen LogP) is 3.30. The molecule has 4 rings (SSSR count). The number of anilines is 2. The molecule has 0 radical (unpaired) electrons. The monoisotopic (exact) mass is 492 g/mol. The van der Waals surface area contributed by atoms with E-state index in [1.807, 2.05) is 6.07 Å². The number of carbonyl (C=O) groups excluding carboxylic acids is 1. The van der Waals surface area contributed by atoms with Crippen LogP contribution in [0.15, 0.2) is 88.8 Å². The van der Waals surface area contributed by atoms with Crippen LogP contribution in [-0.4, -0.2) is 44.4 Å². The van der Waals surface area contributed by atoms with Crippen molar-refractivity contribution < 1.29 is 23.1 Å². The number of carbonyl (C=O) groups is 2. The lowest BCUT2D eigenvalue weighted by atomic mass is 10.1. The Balaban J connectivity index is 1.49. The molecule has 1 aliphatic rings. The lowest BCUT2D eigenvalue weighted by Crippen LogP contribution is -2.26. The van der Waals surface area contributed by atoms with Gasteiger partial charge in [-0.1, -0.05) is 36.4 Å². The normalized spacial score (nSPS) is 13.9. The summed E-state index contributed by atoms with van der Waals surface area (Å²) in [7, 11) is -3.98. The molecule has 1 heterocycles. The van der Waals surface area contributed by atoms with Crippen molar-refractivity contribution >= 4 is 39.0 Å². The smallest absolute Gasteiger partial charge is 0.305 e. The molecule has 1 unspecified atom stereocenters. The van der Waals surface area contributed by atoms with Crippen molar-refractivity contribution in [3.8, 4) is 0 Å². The maximum atomic E-state index is 13.2. The van der Waals surface area contributed by atoms with Gasteiger partial charge in [0.25, 0.3) is 5.91 Å². The van der Waals surface area contributed by atoms with Gasteiger partial charge >= 0.3 is 5.97 Å². The second-order valence-corrected chi connectivity index (χ2v) is 10.0. The molecule has 0 aromatic heterocycles. The second kappa shape index (κ2) is 10.4. The first kappa shape index (κ1) is 24.0. The zero-order valence-electron chi connectivity index (χ0n) is 18.6. The average molecular weight is 493 g/mol. The molecule has 3 aromatic rings. The molecule has 1 aliphatic heterocycles. The topological polar surface area (TPSA) is 137 Å². The molecular formula is C25H24N4O5S. The molecular weight excluding hydrogens is 468 g/mol. The Hall–Kier alpha value is -4.18. The van der Waals surface area contributed by atoms with Gasteiger partial charge in [0.2, 0.25) is 0 Å². The zero-order chi connectivity index (χ0) is 24.8. The highest BCUT2D eigenvalue weighted by Crippen LogP contribution is 2.32. The fraction of sp³-hybridized carbons (Fsp3) is 0.160. The highest BCUT2D eigenvalue weighted by molar-refractivity contribution is 7.91. The molecule has 0 bridgehead atoms. The Kier molecular flexibility index (Phi) is 7.11. The molecule has 0 aliphatic carbocycles. The van der Waals surface area contributed by atoms with E-state index in [1.54, 1.807) is 48.5 Å². The van der Waals surface area contributed by atoms with Crippen molar-refractivity contribution in [2.75, 3.05) is 23.7 Å². The van der Waals surface area contributed by atoms with Crippen LogP contribution in [-0.2, 0) is 14.6 Å². The maximum absolute atomic E-state index is 13.2. The van der Waals surface area contributed by atoms with Gasteiger partial charge in [0.15, 0.2) is 15.8 Å². The molecule has 1 atom stereocenters. The largest absolute Gasteiger partial charge is 0.481 e. The van der Waals surface area contributed by atoms with E-state index in [0.29, 0.717) is 35.0 Å². The van der Waals surface area contributed by atoms with Crippen molar-refractivity contribution in [1.82, 2.24) is 5.32 Å². The first-order chi connectivity index (χ1) is 16.8. The number of nitrogens with one attached hydrogen (secondary N) is 3. The molecule has 3 aromatic carbocycles. The summed E-state index contributed by atoms with van der Waals surface area (Å²) in [6.07, 6.45) is -0.558. The average Bonchev–Trinajstić information content (AvgIpc) is 3.36. The number of aliphatic imine (C=N–C) groups is 1. The van der Waals surface area contributed by atoms with Gasteiger partial charge in [-0.3, -0.25) is 14.6 Å². The Bertz CT molecular complexity index is 1360. The van der Waals surface area contributed by atoms with E-state index in [4.69, 9.17) is 0 Å². The predicted molar refractivity (Wildman–Crippen MR) is 133 cm³/mol. The summed E-state index contributed by atoms with van der Waals surface area (Å²) in [5, 5.41) is 17.0. The molecule has 4 N–H and O–H groups in total. The molecule has 0 spiro atoms. The van der Waals surface area contributed by atoms with E-state index in [0.717, 1.165) is 6.54 Å². The number of carboxylic acids is 1. The number of rotatable bonds is 8. The molecule has 35 heavy (non-hydrogen) atoms. The highest BCUT2D eigenvalue weighted by Gasteiger charge is 2.31. The number of carboxylic acid groups (broad SMARTS) is 1. The summed E-state index contributed by atoms with van der Waals surface area (Å²) in [5.41, 5.74) is 1.93. The quantitative estimate of drug-likeness (QED) is 0.379. The van der Waals surface area contributed by atoms with Gasteiger partial charge in [0, 0.05) is 23.5 Å². The standard InChI is InChI=1S/C25H24N4O5S/c30-23(31)16-22(17-5-2-1-3-6-17)35(33,34)21-11-9-19(10-12-21)28-24(32)18-7-4-8-20(15-18)29-25-26-13-14-27-25/h1-12,15,22H,13-14,16H2,(H,28,32)(H,30,31)(H2,26,27,29). The maximum Gasteiger partial charge on any atom is 0.305 e.